The second-order valence-electron chi connectivity index (χ2n) is 9.65. The highest BCUT2D eigenvalue weighted by Gasteiger charge is 2.49. The summed E-state index contributed by atoms with van der Waals surface area (Å²) in [5, 5.41) is 0.372. The number of β-lactam (4-membered cyclic amide) rings is 1. The maximum absolute atomic E-state index is 13.3. The third-order valence-electron chi connectivity index (χ3n) is 5.74. The number of esters is 1. The molecule has 0 saturated carbocycles. The number of rotatable bonds is 9. The largest absolute Gasteiger partial charge is 0.497 e. The number of benzene rings is 3. The van der Waals surface area contributed by atoms with Crippen molar-refractivity contribution < 1.29 is 23.8 Å². The molecule has 1 heterocycles. The van der Waals surface area contributed by atoms with Crippen LogP contribution in [-0.4, -0.2) is 36.4 Å². The summed E-state index contributed by atoms with van der Waals surface area (Å²) in [5.41, 5.74) is 2.33. The van der Waals surface area contributed by atoms with Crippen molar-refractivity contribution in [3.63, 3.8) is 0 Å². The van der Waals surface area contributed by atoms with Crippen molar-refractivity contribution in [1.82, 2.24) is 0 Å². The Morgan fingerprint density at radius 2 is 1.57 bits per heavy atom. The number of halogens is 1. The van der Waals surface area contributed by atoms with E-state index >= 15 is 0 Å². The number of hydrogen-bond donors (Lipinski definition) is 0. The molecule has 0 radical (unpaired) electrons. The van der Waals surface area contributed by atoms with Gasteiger partial charge in [0.25, 0.3) is 0 Å². The topological polar surface area (TPSA) is 65.1 Å². The lowest BCUT2D eigenvalue weighted by atomic mass is 9.92. The zero-order valence-electron chi connectivity index (χ0n) is 21.3. The van der Waals surface area contributed by atoms with Crippen molar-refractivity contribution in [1.29, 1.82) is 0 Å². The molecule has 8 heteroatoms. The lowest BCUT2D eigenvalue weighted by molar-refractivity contribution is -0.157. The molecule has 3 aromatic rings. The number of anilines is 1. The minimum atomic E-state index is -0.565. The highest BCUT2D eigenvalue weighted by molar-refractivity contribution is 8.00. The Bertz CT molecular complexity index is 1220. The molecule has 3 aromatic carbocycles. The summed E-state index contributed by atoms with van der Waals surface area (Å²) in [4.78, 5) is 27.1. The Kier molecular flexibility index (Phi) is 8.35. The third-order valence-corrected chi connectivity index (χ3v) is 7.31. The van der Waals surface area contributed by atoms with Gasteiger partial charge >= 0.3 is 5.97 Å². The highest BCUT2D eigenvalue weighted by atomic mass is 35.5. The molecule has 1 amide bonds. The van der Waals surface area contributed by atoms with Crippen LogP contribution in [0.3, 0.4) is 0 Å². The van der Waals surface area contributed by atoms with E-state index in [0.717, 1.165) is 22.6 Å². The van der Waals surface area contributed by atoms with Gasteiger partial charge in [0, 0.05) is 16.5 Å². The summed E-state index contributed by atoms with van der Waals surface area (Å²) in [7, 11) is 1.64. The molecule has 1 aliphatic rings. The zero-order valence-corrected chi connectivity index (χ0v) is 22.8. The average Bonchev–Trinajstić information content (AvgIpc) is 2.87. The quantitative estimate of drug-likeness (QED) is 0.230. The van der Waals surface area contributed by atoms with Crippen molar-refractivity contribution in [2.24, 2.45) is 0 Å². The van der Waals surface area contributed by atoms with Crippen LogP contribution in [0.4, 0.5) is 5.69 Å². The van der Waals surface area contributed by atoms with Gasteiger partial charge in [-0.1, -0.05) is 35.9 Å². The fourth-order valence-corrected chi connectivity index (χ4v) is 5.43. The van der Waals surface area contributed by atoms with E-state index in [-0.39, 0.29) is 23.8 Å². The Morgan fingerprint density at radius 3 is 2.16 bits per heavy atom. The maximum Gasteiger partial charge on any atom is 0.344 e. The highest BCUT2D eigenvalue weighted by Crippen LogP contribution is 2.46. The third kappa shape index (κ3) is 6.79. The summed E-state index contributed by atoms with van der Waals surface area (Å²) in [6.07, 6.45) is 0. The fourth-order valence-electron chi connectivity index (χ4n) is 4.02. The number of carbonyl (C=O) groups is 2. The predicted molar refractivity (Wildman–Crippen MR) is 148 cm³/mol. The molecule has 0 aromatic heterocycles. The standard InChI is InChI=1S/C29H30ClNO5S/c1-29(2,3)36-25(32)17-35-24-15-7-20(8-16-24)26-27(37-18-19-5-13-23(34-4)14-6-19)28(33)31(26)22-11-9-21(30)10-12-22/h5-16,26-27H,17-18H2,1-4H3. The maximum atomic E-state index is 13.3. The van der Waals surface area contributed by atoms with Crippen molar-refractivity contribution >= 4 is 40.9 Å². The molecule has 1 fully saturated rings. The fraction of sp³-hybridized carbons (Fsp3) is 0.310. The number of nitrogens with zero attached hydrogens (tertiary/aromatic N) is 1. The molecule has 1 aliphatic heterocycles. The Morgan fingerprint density at radius 1 is 0.946 bits per heavy atom. The molecule has 0 aliphatic carbocycles. The van der Waals surface area contributed by atoms with Crippen LogP contribution < -0.4 is 14.4 Å². The van der Waals surface area contributed by atoms with Crippen molar-refractivity contribution in [3.8, 4) is 11.5 Å². The van der Waals surface area contributed by atoms with Crippen molar-refractivity contribution in [2.45, 2.75) is 43.4 Å². The number of amides is 1. The first kappa shape index (κ1) is 26.9. The van der Waals surface area contributed by atoms with Gasteiger partial charge in [-0.2, -0.15) is 0 Å². The molecule has 6 nitrogen and oxygen atoms in total. The van der Waals surface area contributed by atoms with Crippen LogP contribution in [0.2, 0.25) is 5.02 Å². The summed E-state index contributed by atoms with van der Waals surface area (Å²) in [6, 6.07) is 22.5. The van der Waals surface area contributed by atoms with Crippen LogP contribution in [0.25, 0.3) is 0 Å². The lowest BCUT2D eigenvalue weighted by Crippen LogP contribution is -2.57. The minimum absolute atomic E-state index is 0.0519. The van der Waals surface area contributed by atoms with Gasteiger partial charge in [-0.15, -0.1) is 11.8 Å². The smallest absolute Gasteiger partial charge is 0.344 e. The van der Waals surface area contributed by atoms with Gasteiger partial charge in [-0.25, -0.2) is 4.79 Å². The summed E-state index contributed by atoms with van der Waals surface area (Å²) >= 11 is 7.69. The number of thioether (sulfide) groups is 1. The van der Waals surface area contributed by atoms with E-state index in [1.165, 1.54) is 0 Å². The van der Waals surface area contributed by atoms with E-state index in [9.17, 15) is 9.59 Å². The molecule has 2 atom stereocenters. The molecule has 1 saturated heterocycles. The lowest BCUT2D eigenvalue weighted by Gasteiger charge is -2.47. The Labute approximate surface area is 226 Å². The zero-order chi connectivity index (χ0) is 26.6. The molecule has 0 N–H and O–H groups in total. The van der Waals surface area contributed by atoms with Crippen LogP contribution in [0.5, 0.6) is 11.5 Å². The van der Waals surface area contributed by atoms with Gasteiger partial charge in [-0.05, 0) is 80.4 Å². The predicted octanol–water partition coefficient (Wildman–Crippen LogP) is 6.46. The van der Waals surface area contributed by atoms with E-state index in [1.54, 1.807) is 35.9 Å². The van der Waals surface area contributed by atoms with Crippen LogP contribution in [0, 0.1) is 0 Å². The van der Waals surface area contributed by atoms with Gasteiger partial charge in [-0.3, -0.25) is 4.79 Å². The van der Waals surface area contributed by atoms with Gasteiger partial charge in [0.15, 0.2) is 6.61 Å². The van der Waals surface area contributed by atoms with Crippen molar-refractivity contribution in [3.05, 3.63) is 88.9 Å². The first-order valence-electron chi connectivity index (χ1n) is 11.9. The Balaban J connectivity index is 1.49. The first-order valence-corrected chi connectivity index (χ1v) is 13.3. The van der Waals surface area contributed by atoms with E-state index < -0.39 is 11.6 Å². The van der Waals surface area contributed by atoms with Crippen molar-refractivity contribution in [2.75, 3.05) is 18.6 Å². The first-order chi connectivity index (χ1) is 17.6. The van der Waals surface area contributed by atoms with Crippen LogP contribution in [0.1, 0.15) is 37.9 Å². The molecular formula is C29H30ClNO5S. The number of carbonyl (C=O) groups excluding carboxylic acids is 2. The van der Waals surface area contributed by atoms with Gasteiger partial charge in [0.05, 0.1) is 13.2 Å². The summed E-state index contributed by atoms with van der Waals surface area (Å²) < 4.78 is 16.1. The molecule has 2 unspecified atom stereocenters. The molecule has 194 valence electrons. The van der Waals surface area contributed by atoms with E-state index in [2.05, 4.69) is 0 Å². The number of hydrogen-bond acceptors (Lipinski definition) is 6. The summed E-state index contributed by atoms with van der Waals surface area (Å²) in [6.45, 7) is 5.27. The molecule has 0 spiro atoms. The minimum Gasteiger partial charge on any atom is -0.497 e. The van der Waals surface area contributed by atoms with Crippen LogP contribution >= 0.6 is 23.4 Å². The summed E-state index contributed by atoms with van der Waals surface area (Å²) in [5.74, 6) is 1.68. The van der Waals surface area contributed by atoms with E-state index in [1.807, 2.05) is 81.4 Å². The van der Waals surface area contributed by atoms with E-state index in [4.69, 9.17) is 25.8 Å². The van der Waals surface area contributed by atoms with Gasteiger partial charge in [0.1, 0.15) is 22.4 Å². The normalized spacial score (nSPS) is 17.2. The monoisotopic (exact) mass is 539 g/mol. The number of methoxy groups -OCH3 is 1. The SMILES string of the molecule is COc1ccc(CSC2C(=O)N(c3ccc(Cl)cc3)C2c2ccc(OCC(=O)OC(C)(C)C)cc2)cc1. The molecule has 0 bridgehead atoms. The molecule has 37 heavy (non-hydrogen) atoms. The van der Waals surface area contributed by atoms with Gasteiger partial charge < -0.3 is 19.1 Å². The molecule has 4 rings (SSSR count). The van der Waals surface area contributed by atoms with Gasteiger partial charge in [0.2, 0.25) is 5.91 Å². The van der Waals surface area contributed by atoms with Crippen LogP contribution in [0.15, 0.2) is 72.8 Å². The van der Waals surface area contributed by atoms with Crippen LogP contribution in [-0.2, 0) is 20.1 Å². The average molecular weight is 540 g/mol. The number of ether oxygens (including phenoxy) is 3. The second-order valence-corrected chi connectivity index (χ2v) is 11.2. The second kappa shape index (κ2) is 11.5. The molecular weight excluding hydrogens is 510 g/mol. The Hall–Kier alpha value is -3.16. The van der Waals surface area contributed by atoms with E-state index in [0.29, 0.717) is 16.5 Å².